The van der Waals surface area contributed by atoms with Crippen molar-refractivity contribution in [1.29, 1.82) is 0 Å². The molecule has 0 atom stereocenters. The van der Waals surface area contributed by atoms with Gasteiger partial charge in [-0.2, -0.15) is 5.10 Å². The van der Waals surface area contributed by atoms with Crippen LogP contribution in [0.1, 0.15) is 25.7 Å². The molecule has 1 aliphatic rings. The Morgan fingerprint density at radius 2 is 1.85 bits per heavy atom. The molecule has 3 aromatic rings. The maximum atomic E-state index is 6.01. The van der Waals surface area contributed by atoms with Gasteiger partial charge in [0, 0.05) is 23.8 Å². The zero-order valence-electron chi connectivity index (χ0n) is 15.7. The second-order valence-corrected chi connectivity index (χ2v) is 6.97. The molecule has 27 heavy (non-hydrogen) atoms. The van der Waals surface area contributed by atoms with Gasteiger partial charge < -0.3 is 20.5 Å². The van der Waals surface area contributed by atoms with Gasteiger partial charge in [-0.1, -0.05) is 6.07 Å². The van der Waals surface area contributed by atoms with E-state index in [0.29, 0.717) is 23.6 Å². The van der Waals surface area contributed by atoms with E-state index < -0.39 is 0 Å². The highest BCUT2D eigenvalue weighted by Gasteiger charge is 2.19. The van der Waals surface area contributed by atoms with Crippen molar-refractivity contribution in [2.45, 2.75) is 37.8 Å². The summed E-state index contributed by atoms with van der Waals surface area (Å²) in [7, 11) is 3.26. The molecule has 0 spiro atoms. The maximum Gasteiger partial charge on any atom is 0.165 e. The van der Waals surface area contributed by atoms with Gasteiger partial charge in [0.25, 0.3) is 0 Å². The monoisotopic (exact) mass is 367 g/mol. The lowest BCUT2D eigenvalue weighted by molar-refractivity contribution is 0.355. The molecule has 0 radical (unpaired) electrons. The topological polar surface area (TPSA) is 86.7 Å². The second kappa shape index (κ2) is 7.44. The summed E-state index contributed by atoms with van der Waals surface area (Å²) >= 11 is 0. The van der Waals surface area contributed by atoms with Crippen LogP contribution < -0.4 is 20.5 Å². The fraction of sp³-hybridized carbons (Fsp3) is 0.400. The number of nitrogens with one attached hydrogen (secondary N) is 1. The summed E-state index contributed by atoms with van der Waals surface area (Å²) in [5, 5.41) is 7.98. The third kappa shape index (κ3) is 3.55. The number of nitrogens with two attached hydrogens (primary N) is 1. The summed E-state index contributed by atoms with van der Waals surface area (Å²) in [6.07, 6.45) is 8.04. The molecule has 0 aliphatic heterocycles. The minimum atomic E-state index is 0.338. The number of methoxy groups -OCH3 is 2. The van der Waals surface area contributed by atoms with Gasteiger partial charge >= 0.3 is 0 Å². The lowest BCUT2D eigenvalue weighted by atomic mass is 9.92. The summed E-state index contributed by atoms with van der Waals surface area (Å²) in [4.78, 5) is 4.81. The van der Waals surface area contributed by atoms with Crippen molar-refractivity contribution in [2.24, 2.45) is 5.73 Å². The Hall–Kier alpha value is -2.80. The molecule has 1 aromatic carbocycles. The van der Waals surface area contributed by atoms with Crippen LogP contribution in [0.4, 0.5) is 5.82 Å². The van der Waals surface area contributed by atoms with Crippen LogP contribution in [0.15, 0.2) is 36.7 Å². The first kappa shape index (κ1) is 17.6. The molecule has 0 bridgehead atoms. The van der Waals surface area contributed by atoms with Crippen LogP contribution in [0.5, 0.6) is 11.5 Å². The van der Waals surface area contributed by atoms with Crippen LogP contribution in [-0.4, -0.2) is 40.9 Å². The number of aromatic nitrogens is 3. The van der Waals surface area contributed by atoms with E-state index in [1.54, 1.807) is 18.7 Å². The summed E-state index contributed by atoms with van der Waals surface area (Å²) in [5.74, 6) is 2.25. The van der Waals surface area contributed by atoms with Crippen LogP contribution in [0, 0.1) is 0 Å². The number of anilines is 1. The molecule has 1 fully saturated rings. The van der Waals surface area contributed by atoms with E-state index in [1.807, 2.05) is 36.7 Å². The lowest BCUT2D eigenvalue weighted by Gasteiger charge is -2.27. The quantitative estimate of drug-likeness (QED) is 0.721. The molecule has 2 aromatic heterocycles. The highest BCUT2D eigenvalue weighted by atomic mass is 16.5. The second-order valence-electron chi connectivity index (χ2n) is 6.97. The van der Waals surface area contributed by atoms with E-state index >= 15 is 0 Å². The smallest absolute Gasteiger partial charge is 0.165 e. The third-order valence-corrected chi connectivity index (χ3v) is 5.19. The van der Waals surface area contributed by atoms with Crippen LogP contribution in [0.25, 0.3) is 16.8 Å². The molecule has 0 unspecified atom stereocenters. The summed E-state index contributed by atoms with van der Waals surface area (Å²) < 4.78 is 12.5. The predicted molar refractivity (Wildman–Crippen MR) is 105 cm³/mol. The zero-order chi connectivity index (χ0) is 18.8. The molecule has 2 heterocycles. The van der Waals surface area contributed by atoms with Crippen molar-refractivity contribution >= 4 is 11.5 Å². The number of hydrogen-bond donors (Lipinski definition) is 2. The molecule has 4 rings (SSSR count). The predicted octanol–water partition coefficient (Wildman–Crippen LogP) is 3.10. The first-order valence-corrected chi connectivity index (χ1v) is 9.27. The molecule has 7 heteroatoms. The van der Waals surface area contributed by atoms with Gasteiger partial charge in [-0.15, -0.1) is 0 Å². The van der Waals surface area contributed by atoms with Crippen LogP contribution in [0.2, 0.25) is 0 Å². The maximum absolute atomic E-state index is 6.01. The van der Waals surface area contributed by atoms with Crippen molar-refractivity contribution in [3.05, 3.63) is 36.7 Å². The largest absolute Gasteiger partial charge is 0.493 e. The van der Waals surface area contributed by atoms with E-state index in [1.165, 1.54) is 0 Å². The Kier molecular flexibility index (Phi) is 4.85. The number of ether oxygens (including phenoxy) is 2. The molecular formula is C20H25N5O2. The standard InChI is InChI=1S/C20H25N5O2/c1-26-17-8-3-13(11-18(17)27-2)16-12-22-25-10-9-19(24-20(16)25)23-15-6-4-14(21)5-7-15/h3,8-12,14-15H,4-7,21H2,1-2H3,(H,23,24)/t14-,15-. The minimum Gasteiger partial charge on any atom is -0.493 e. The van der Waals surface area contributed by atoms with Gasteiger partial charge in [0.05, 0.1) is 20.4 Å². The summed E-state index contributed by atoms with van der Waals surface area (Å²) in [6.45, 7) is 0. The Balaban J connectivity index is 1.64. The fourth-order valence-electron chi connectivity index (χ4n) is 3.63. The number of rotatable bonds is 5. The van der Waals surface area contributed by atoms with Gasteiger partial charge in [-0.25, -0.2) is 9.50 Å². The number of nitrogens with zero attached hydrogens (tertiary/aromatic N) is 3. The average molecular weight is 367 g/mol. The summed E-state index contributed by atoms with van der Waals surface area (Å²) in [6, 6.07) is 8.55. The van der Waals surface area contributed by atoms with Gasteiger partial charge in [-0.3, -0.25) is 0 Å². The number of hydrogen-bond acceptors (Lipinski definition) is 6. The third-order valence-electron chi connectivity index (χ3n) is 5.19. The van der Waals surface area contributed by atoms with Crippen LogP contribution >= 0.6 is 0 Å². The van der Waals surface area contributed by atoms with E-state index in [-0.39, 0.29) is 0 Å². The Morgan fingerprint density at radius 1 is 1.07 bits per heavy atom. The van der Waals surface area contributed by atoms with Crippen molar-refractivity contribution < 1.29 is 9.47 Å². The van der Waals surface area contributed by atoms with E-state index in [2.05, 4.69) is 10.4 Å². The highest BCUT2D eigenvalue weighted by Crippen LogP contribution is 2.33. The molecule has 1 aliphatic carbocycles. The fourth-order valence-corrected chi connectivity index (χ4v) is 3.63. The van der Waals surface area contributed by atoms with Crippen molar-refractivity contribution in [2.75, 3.05) is 19.5 Å². The normalized spacial score (nSPS) is 19.8. The van der Waals surface area contributed by atoms with E-state index in [0.717, 1.165) is 48.3 Å². The number of fused-ring (bicyclic) bond motifs is 1. The Labute approximate surface area is 158 Å². The zero-order valence-corrected chi connectivity index (χ0v) is 15.7. The molecule has 0 saturated heterocycles. The van der Waals surface area contributed by atoms with E-state index in [4.69, 9.17) is 20.2 Å². The SMILES string of the molecule is COc1ccc(-c2cnn3ccc(N[C@H]4CC[C@H](N)CC4)nc23)cc1OC. The highest BCUT2D eigenvalue weighted by molar-refractivity contribution is 5.79. The van der Waals surface area contributed by atoms with Crippen molar-refractivity contribution in [1.82, 2.24) is 14.6 Å². The Morgan fingerprint density at radius 3 is 2.59 bits per heavy atom. The first-order valence-electron chi connectivity index (χ1n) is 9.27. The molecule has 3 N–H and O–H groups in total. The molecular weight excluding hydrogens is 342 g/mol. The average Bonchev–Trinajstić information content (AvgIpc) is 3.12. The lowest BCUT2D eigenvalue weighted by Crippen LogP contribution is -2.33. The van der Waals surface area contributed by atoms with Gasteiger partial charge in [0.2, 0.25) is 0 Å². The first-order chi connectivity index (χ1) is 13.2. The summed E-state index contributed by atoms with van der Waals surface area (Å²) in [5.41, 5.74) is 8.74. The molecule has 0 amide bonds. The Bertz CT molecular complexity index is 931. The van der Waals surface area contributed by atoms with Crippen LogP contribution in [-0.2, 0) is 0 Å². The van der Waals surface area contributed by atoms with Crippen LogP contribution in [0.3, 0.4) is 0 Å². The van der Waals surface area contributed by atoms with Crippen molar-refractivity contribution in [3.63, 3.8) is 0 Å². The van der Waals surface area contributed by atoms with Gasteiger partial charge in [0.1, 0.15) is 5.82 Å². The van der Waals surface area contributed by atoms with Gasteiger partial charge in [0.15, 0.2) is 17.1 Å². The molecule has 7 nitrogen and oxygen atoms in total. The molecule has 1 saturated carbocycles. The van der Waals surface area contributed by atoms with E-state index in [9.17, 15) is 0 Å². The van der Waals surface area contributed by atoms with Crippen molar-refractivity contribution in [3.8, 4) is 22.6 Å². The minimum absolute atomic E-state index is 0.338. The van der Waals surface area contributed by atoms with Gasteiger partial charge in [-0.05, 0) is 49.4 Å². The molecule has 142 valence electrons. The number of benzene rings is 1.